The van der Waals surface area contributed by atoms with E-state index in [4.69, 9.17) is 10.2 Å². The summed E-state index contributed by atoms with van der Waals surface area (Å²) in [6.45, 7) is 0. The fraction of sp³-hybridized carbons (Fsp3) is 0. The van der Waals surface area contributed by atoms with Crippen molar-refractivity contribution in [2.45, 2.75) is 0 Å². The van der Waals surface area contributed by atoms with Crippen LogP contribution in [0.2, 0.25) is 0 Å². The molecule has 0 saturated heterocycles. The summed E-state index contributed by atoms with van der Waals surface area (Å²) in [6, 6.07) is 0. The minimum absolute atomic E-state index is 0. The van der Waals surface area contributed by atoms with E-state index in [1.165, 1.54) is 0 Å². The Morgan fingerprint density at radius 2 is 1.08 bits per heavy atom. The third-order valence-electron chi connectivity index (χ3n) is 2.09. The molecule has 0 aliphatic carbocycles. The average Bonchev–Trinajstić information content (AvgIpc) is 3.08. The number of rotatable bonds is 4. The van der Waals surface area contributed by atoms with Gasteiger partial charge in [0.25, 0.3) is 0 Å². The average molecular weight is 414 g/mol. The normalized spacial score (nSPS) is 8.32. The molecule has 2 rings (SSSR count). The fourth-order valence-corrected chi connectivity index (χ4v) is 1.22. The quantitative estimate of drug-likeness (QED) is 0.273. The molecule has 0 radical (unpaired) electrons. The third-order valence-corrected chi connectivity index (χ3v) is 2.09. The Morgan fingerprint density at radius 3 is 1.24 bits per heavy atom. The zero-order valence-electron chi connectivity index (χ0n) is 12.3. The molecule has 0 amide bonds. The number of carboxylic acid groups (broad SMARTS) is 4. The van der Waals surface area contributed by atoms with Gasteiger partial charge in [-0.05, 0) is 0 Å². The van der Waals surface area contributed by atoms with Gasteiger partial charge in [-0.3, -0.25) is 0 Å². The van der Waals surface area contributed by atoms with E-state index in [2.05, 4.69) is 19.9 Å². The van der Waals surface area contributed by atoms with E-state index in [0.717, 1.165) is 12.7 Å². The topological polar surface area (TPSA) is 278 Å². The minimum Gasteiger partial charge on any atom is -0.543 e. The van der Waals surface area contributed by atoms with Gasteiger partial charge in [0.15, 0.2) is 11.4 Å². The van der Waals surface area contributed by atoms with E-state index in [0.29, 0.717) is 0 Å². The number of hydrogen-bond donors (Lipinski definition) is 4. The first-order valence-electron chi connectivity index (χ1n) is 5.21. The second-order valence-electron chi connectivity index (χ2n) is 3.44. The first-order valence-corrected chi connectivity index (χ1v) is 5.21. The molecular formula is C10H12N4O10Zn+2. The van der Waals surface area contributed by atoms with E-state index in [-0.39, 0.29) is 30.4 Å². The second-order valence-corrected chi connectivity index (χ2v) is 3.44. The predicted octanol–water partition coefficient (Wildman–Crippen LogP) is -4.90. The van der Waals surface area contributed by atoms with E-state index >= 15 is 0 Å². The van der Waals surface area contributed by atoms with Gasteiger partial charge in [-0.25, -0.2) is 19.6 Å². The summed E-state index contributed by atoms with van der Waals surface area (Å²) >= 11 is 0. The molecule has 0 atom stereocenters. The fourth-order valence-electron chi connectivity index (χ4n) is 1.22. The molecule has 0 aliphatic heterocycles. The van der Waals surface area contributed by atoms with Crippen LogP contribution < -0.4 is 10.2 Å². The number of aromatic carboxylic acids is 4. The van der Waals surface area contributed by atoms with Crippen LogP contribution in [-0.4, -0.2) is 54.0 Å². The molecule has 2 heterocycles. The Bertz CT molecular complexity index is 620. The van der Waals surface area contributed by atoms with Gasteiger partial charge in [0.05, 0.1) is 24.6 Å². The maximum atomic E-state index is 10.2. The number of aromatic amines is 2. The summed E-state index contributed by atoms with van der Waals surface area (Å²) in [6.07, 6.45) is 1.96. The number of carbonyl (C=O) groups excluding carboxylic acids is 2. The Balaban J connectivity index is -0.000000346. The van der Waals surface area contributed by atoms with Crippen LogP contribution in [0.15, 0.2) is 12.7 Å². The van der Waals surface area contributed by atoms with E-state index in [9.17, 15) is 29.4 Å². The number of hydrogen-bond acceptors (Lipinski definition) is 8. The van der Waals surface area contributed by atoms with Crippen molar-refractivity contribution in [2.75, 3.05) is 0 Å². The summed E-state index contributed by atoms with van der Waals surface area (Å²) in [5.74, 6) is -5.96. The molecule has 0 aliphatic rings. The molecule has 0 spiro atoms. The summed E-state index contributed by atoms with van der Waals surface area (Å²) in [5, 5.41) is 36.9. The van der Waals surface area contributed by atoms with Crippen LogP contribution >= 0.6 is 0 Å². The first kappa shape index (κ1) is 26.7. The summed E-state index contributed by atoms with van der Waals surface area (Å²) in [5.41, 5.74) is -2.11. The standard InChI is InChI=1S/2C5H4N2O4.2H2O.Zn/c2*8-4(9)2-3(5(10)11)7-1-6-2;;;/h2*1H,(H,6,7)(H,8,9)(H,10,11);2*1H2;/q;;;;+2. The van der Waals surface area contributed by atoms with Crippen LogP contribution in [0, 0.1) is 0 Å². The molecule has 0 aromatic carbocycles. The molecule has 14 nitrogen and oxygen atoms in total. The molecule has 15 heteroatoms. The van der Waals surface area contributed by atoms with Crippen LogP contribution in [0.1, 0.15) is 42.0 Å². The largest absolute Gasteiger partial charge is 2.00 e. The van der Waals surface area contributed by atoms with Gasteiger partial charge in [-0.15, -0.1) is 0 Å². The maximum Gasteiger partial charge on any atom is 2.00 e. The van der Waals surface area contributed by atoms with Crippen molar-refractivity contribution in [3.63, 3.8) is 0 Å². The van der Waals surface area contributed by atoms with Gasteiger partial charge in [0, 0.05) is 0 Å². The SMILES string of the molecule is O=C([O-])c1nc[nH]c1C(=O)O.O=C([O-])c1nc[nH]c1C(=O)O.[OH3+].[OH3+].[Zn+2]. The van der Waals surface area contributed by atoms with Crippen LogP contribution in [0.4, 0.5) is 0 Å². The monoisotopic (exact) mass is 412 g/mol. The zero-order chi connectivity index (χ0) is 16.9. The Hall–Kier alpha value is -3.16. The van der Waals surface area contributed by atoms with Gasteiger partial charge in [0.1, 0.15) is 11.4 Å². The van der Waals surface area contributed by atoms with Crippen LogP contribution in [-0.2, 0) is 30.4 Å². The minimum atomic E-state index is -1.61. The molecule has 2 aromatic rings. The summed E-state index contributed by atoms with van der Waals surface area (Å²) in [7, 11) is 0. The molecule has 132 valence electrons. The molecule has 0 bridgehead atoms. The zero-order valence-corrected chi connectivity index (χ0v) is 15.2. The van der Waals surface area contributed by atoms with Crippen molar-refractivity contribution in [2.24, 2.45) is 0 Å². The van der Waals surface area contributed by atoms with Crippen molar-refractivity contribution in [3.8, 4) is 0 Å². The van der Waals surface area contributed by atoms with Crippen molar-refractivity contribution in [1.82, 2.24) is 19.9 Å². The van der Waals surface area contributed by atoms with Crippen molar-refractivity contribution < 1.29 is 70.0 Å². The molecule has 0 saturated carbocycles. The van der Waals surface area contributed by atoms with E-state index in [1.54, 1.807) is 0 Å². The van der Waals surface area contributed by atoms with Crippen LogP contribution in [0.3, 0.4) is 0 Å². The molecule has 2 aromatic heterocycles. The Morgan fingerprint density at radius 1 is 0.800 bits per heavy atom. The number of nitrogens with one attached hydrogen (secondary N) is 2. The van der Waals surface area contributed by atoms with E-state index < -0.39 is 46.7 Å². The number of aromatic nitrogens is 4. The number of imidazole rings is 2. The summed E-state index contributed by atoms with van der Waals surface area (Å²) < 4.78 is 0. The van der Waals surface area contributed by atoms with Crippen LogP contribution in [0.5, 0.6) is 0 Å². The number of carboxylic acids is 4. The van der Waals surface area contributed by atoms with Gasteiger partial charge in [-0.2, -0.15) is 0 Å². The predicted molar refractivity (Wildman–Crippen MR) is 69.5 cm³/mol. The molecule has 0 unspecified atom stereocenters. The van der Waals surface area contributed by atoms with Crippen LogP contribution in [0.25, 0.3) is 0 Å². The van der Waals surface area contributed by atoms with Gasteiger partial charge in [0.2, 0.25) is 0 Å². The van der Waals surface area contributed by atoms with Gasteiger partial charge < -0.3 is 50.9 Å². The molecule has 25 heavy (non-hydrogen) atoms. The molecule has 10 N–H and O–H groups in total. The second kappa shape index (κ2) is 11.4. The number of H-pyrrole nitrogens is 2. The van der Waals surface area contributed by atoms with Crippen molar-refractivity contribution >= 4 is 23.9 Å². The Labute approximate surface area is 149 Å². The van der Waals surface area contributed by atoms with E-state index in [1.807, 2.05) is 0 Å². The van der Waals surface area contributed by atoms with Gasteiger partial charge >= 0.3 is 31.4 Å². The molecule has 0 fully saturated rings. The third kappa shape index (κ3) is 6.86. The van der Waals surface area contributed by atoms with Crippen molar-refractivity contribution in [1.29, 1.82) is 0 Å². The maximum absolute atomic E-state index is 10.2. The Kier molecular flexibility index (Phi) is 12.2. The summed E-state index contributed by atoms with van der Waals surface area (Å²) in [4.78, 5) is 51.5. The number of nitrogens with zero attached hydrogens (tertiary/aromatic N) is 2. The smallest absolute Gasteiger partial charge is 0.543 e. The first-order chi connectivity index (χ1) is 10.3. The number of carbonyl (C=O) groups is 4. The molecular weight excluding hydrogens is 402 g/mol. The van der Waals surface area contributed by atoms with Crippen molar-refractivity contribution in [3.05, 3.63) is 35.4 Å². The van der Waals surface area contributed by atoms with Gasteiger partial charge in [-0.1, -0.05) is 0 Å².